The first kappa shape index (κ1) is 20.5. The summed E-state index contributed by atoms with van der Waals surface area (Å²) in [5.41, 5.74) is 1.77. The van der Waals surface area contributed by atoms with Crippen molar-refractivity contribution in [2.75, 3.05) is 13.6 Å². The van der Waals surface area contributed by atoms with Gasteiger partial charge in [0.15, 0.2) is 0 Å². The van der Waals surface area contributed by atoms with Gasteiger partial charge >= 0.3 is 0 Å². The van der Waals surface area contributed by atoms with Gasteiger partial charge in [0.2, 0.25) is 10.0 Å². The fourth-order valence-corrected chi connectivity index (χ4v) is 5.30. The first-order valence-electron chi connectivity index (χ1n) is 9.50. The van der Waals surface area contributed by atoms with E-state index >= 15 is 0 Å². The van der Waals surface area contributed by atoms with Crippen LogP contribution in [0.4, 0.5) is 0 Å². The highest BCUT2D eigenvalue weighted by atomic mass is 32.2. The summed E-state index contributed by atoms with van der Waals surface area (Å²) in [7, 11) is -1.96. The van der Waals surface area contributed by atoms with Crippen molar-refractivity contribution in [1.29, 1.82) is 0 Å². The third kappa shape index (κ3) is 4.12. The number of hydrogen-bond donors (Lipinski definition) is 0. The molecule has 0 saturated carbocycles. The lowest BCUT2D eigenvalue weighted by atomic mass is 10.1. The van der Waals surface area contributed by atoms with Gasteiger partial charge in [0, 0.05) is 31.3 Å². The molecule has 0 spiro atoms. The highest BCUT2D eigenvalue weighted by Crippen LogP contribution is 2.27. The van der Waals surface area contributed by atoms with Crippen LogP contribution in [0.3, 0.4) is 0 Å². The number of carbonyl (C=O) groups is 1. The molecular formula is C20H27N3O4S. The molecule has 1 fully saturated rings. The summed E-state index contributed by atoms with van der Waals surface area (Å²) < 4.78 is 32.8. The van der Waals surface area contributed by atoms with Crippen molar-refractivity contribution in [3.8, 4) is 0 Å². The van der Waals surface area contributed by atoms with E-state index in [1.165, 1.54) is 11.0 Å². The number of hydrogen-bond acceptors (Lipinski definition) is 5. The van der Waals surface area contributed by atoms with Crippen LogP contribution in [0.1, 0.15) is 53.6 Å². The maximum Gasteiger partial charge on any atom is 0.254 e. The molecule has 1 aromatic carbocycles. The van der Waals surface area contributed by atoms with Gasteiger partial charge in [0.1, 0.15) is 11.5 Å². The maximum atomic E-state index is 13.1. The second-order valence-corrected chi connectivity index (χ2v) is 9.42. The normalized spacial score (nSPS) is 18.2. The van der Waals surface area contributed by atoms with Crippen LogP contribution in [0.5, 0.6) is 0 Å². The van der Waals surface area contributed by atoms with Crippen LogP contribution in [0.25, 0.3) is 0 Å². The Kier molecular flexibility index (Phi) is 5.90. The van der Waals surface area contributed by atoms with Crippen molar-refractivity contribution in [2.24, 2.45) is 0 Å². The molecule has 0 radical (unpaired) electrons. The minimum Gasteiger partial charge on any atom is -0.361 e. The zero-order valence-corrected chi connectivity index (χ0v) is 17.6. The highest BCUT2D eigenvalue weighted by Gasteiger charge is 2.31. The summed E-state index contributed by atoms with van der Waals surface area (Å²) in [6, 6.07) is 6.53. The minimum atomic E-state index is -3.63. The Labute approximate surface area is 166 Å². The molecule has 1 atom stereocenters. The van der Waals surface area contributed by atoms with Crippen LogP contribution in [0.2, 0.25) is 0 Å². The molecule has 3 rings (SSSR count). The lowest BCUT2D eigenvalue weighted by Gasteiger charge is -2.32. The highest BCUT2D eigenvalue weighted by molar-refractivity contribution is 7.89. The van der Waals surface area contributed by atoms with Gasteiger partial charge in [-0.05, 0) is 51.3 Å². The molecule has 1 aliphatic heterocycles. The van der Waals surface area contributed by atoms with E-state index in [-0.39, 0.29) is 23.4 Å². The molecule has 0 bridgehead atoms. The fraction of sp³-hybridized carbons (Fsp3) is 0.500. The Balaban J connectivity index is 1.87. The molecule has 1 aromatic heterocycles. The molecule has 2 heterocycles. The standard InChI is InChI=1S/C20H27N3O4S/c1-14-8-9-18(28(25,26)23-10-6-5-7-15(23)2)12-19(14)20(24)22(4)13-17-11-16(3)27-21-17/h8-9,11-12,15H,5-7,10,13H2,1-4H3. The maximum absolute atomic E-state index is 13.1. The average Bonchev–Trinajstić information content (AvgIpc) is 3.06. The van der Waals surface area contributed by atoms with E-state index in [1.807, 2.05) is 6.92 Å². The Morgan fingerprint density at radius 3 is 2.68 bits per heavy atom. The molecule has 0 aliphatic carbocycles. The van der Waals surface area contributed by atoms with Gasteiger partial charge in [0.05, 0.1) is 11.4 Å². The van der Waals surface area contributed by atoms with E-state index in [2.05, 4.69) is 5.16 Å². The molecule has 1 saturated heterocycles. The quantitative estimate of drug-likeness (QED) is 0.763. The zero-order chi connectivity index (χ0) is 20.5. The minimum absolute atomic E-state index is 0.0303. The second kappa shape index (κ2) is 8.05. The summed E-state index contributed by atoms with van der Waals surface area (Å²) in [4.78, 5) is 14.6. The van der Waals surface area contributed by atoms with E-state index in [9.17, 15) is 13.2 Å². The molecule has 7 nitrogen and oxygen atoms in total. The van der Waals surface area contributed by atoms with Gasteiger partial charge < -0.3 is 9.42 Å². The zero-order valence-electron chi connectivity index (χ0n) is 16.8. The van der Waals surface area contributed by atoms with Crippen LogP contribution in [0.15, 0.2) is 33.7 Å². The monoisotopic (exact) mass is 405 g/mol. The van der Waals surface area contributed by atoms with Crippen molar-refractivity contribution in [1.82, 2.24) is 14.4 Å². The van der Waals surface area contributed by atoms with E-state index in [0.29, 0.717) is 23.6 Å². The Morgan fingerprint density at radius 1 is 1.29 bits per heavy atom. The van der Waals surface area contributed by atoms with Crippen LogP contribution >= 0.6 is 0 Å². The number of sulfonamides is 1. The average molecular weight is 406 g/mol. The molecule has 0 N–H and O–H groups in total. The van der Waals surface area contributed by atoms with Crippen molar-refractivity contribution in [3.05, 3.63) is 46.8 Å². The molecule has 152 valence electrons. The van der Waals surface area contributed by atoms with E-state index < -0.39 is 10.0 Å². The molecule has 2 aromatic rings. The van der Waals surface area contributed by atoms with Crippen molar-refractivity contribution < 1.29 is 17.7 Å². The molecule has 1 amide bonds. The molecule has 28 heavy (non-hydrogen) atoms. The largest absolute Gasteiger partial charge is 0.361 e. The van der Waals surface area contributed by atoms with Gasteiger partial charge in [-0.3, -0.25) is 4.79 Å². The van der Waals surface area contributed by atoms with Crippen LogP contribution in [0, 0.1) is 13.8 Å². The number of piperidine rings is 1. The summed E-state index contributed by atoms with van der Waals surface area (Å²) in [6.07, 6.45) is 2.76. The fourth-order valence-electron chi connectivity index (χ4n) is 3.57. The molecule has 8 heteroatoms. The number of benzene rings is 1. The molecular weight excluding hydrogens is 378 g/mol. The first-order chi connectivity index (χ1) is 13.2. The molecule has 1 aliphatic rings. The summed E-state index contributed by atoms with van der Waals surface area (Å²) in [6.45, 7) is 6.34. The number of nitrogens with zero attached hydrogens (tertiary/aromatic N) is 3. The number of rotatable bonds is 5. The van der Waals surface area contributed by atoms with E-state index in [1.54, 1.807) is 43.4 Å². The van der Waals surface area contributed by atoms with E-state index in [0.717, 1.165) is 24.8 Å². The van der Waals surface area contributed by atoms with Crippen LogP contribution in [-0.2, 0) is 16.6 Å². The third-order valence-electron chi connectivity index (χ3n) is 5.21. The Bertz CT molecular complexity index is 968. The second-order valence-electron chi connectivity index (χ2n) is 7.53. The van der Waals surface area contributed by atoms with Crippen molar-refractivity contribution in [3.63, 3.8) is 0 Å². The van der Waals surface area contributed by atoms with Gasteiger partial charge in [-0.2, -0.15) is 4.31 Å². The van der Waals surface area contributed by atoms with Gasteiger partial charge in [-0.15, -0.1) is 0 Å². The topological polar surface area (TPSA) is 83.7 Å². The number of aromatic nitrogens is 1. The lowest BCUT2D eigenvalue weighted by Crippen LogP contribution is -2.42. The van der Waals surface area contributed by atoms with Crippen molar-refractivity contribution >= 4 is 15.9 Å². The SMILES string of the molecule is Cc1cc(CN(C)C(=O)c2cc(S(=O)(=O)N3CCCCC3C)ccc2C)no1. The van der Waals surface area contributed by atoms with Crippen molar-refractivity contribution in [2.45, 2.75) is 57.5 Å². The predicted octanol–water partition coefficient (Wildman–Crippen LogP) is 3.13. The summed E-state index contributed by atoms with van der Waals surface area (Å²) in [5.74, 6) is 0.428. The third-order valence-corrected chi connectivity index (χ3v) is 7.22. The number of carbonyl (C=O) groups excluding carboxylic acids is 1. The lowest BCUT2D eigenvalue weighted by molar-refractivity contribution is 0.0781. The number of amides is 1. The molecule has 1 unspecified atom stereocenters. The van der Waals surface area contributed by atoms with Crippen LogP contribution < -0.4 is 0 Å². The smallest absolute Gasteiger partial charge is 0.254 e. The summed E-state index contributed by atoms with van der Waals surface area (Å²) >= 11 is 0. The van der Waals surface area contributed by atoms with E-state index in [4.69, 9.17) is 4.52 Å². The van der Waals surface area contributed by atoms with Crippen LogP contribution in [-0.4, -0.2) is 48.3 Å². The van der Waals surface area contributed by atoms with Gasteiger partial charge in [-0.25, -0.2) is 8.42 Å². The Hall–Kier alpha value is -2.19. The Morgan fingerprint density at radius 2 is 2.04 bits per heavy atom. The van der Waals surface area contributed by atoms with Gasteiger partial charge in [-0.1, -0.05) is 17.6 Å². The number of aryl methyl sites for hydroxylation is 2. The summed E-state index contributed by atoms with van der Waals surface area (Å²) in [5, 5.41) is 3.91. The van der Waals surface area contributed by atoms with Gasteiger partial charge in [0.25, 0.3) is 5.91 Å². The predicted molar refractivity (Wildman–Crippen MR) is 105 cm³/mol. The first-order valence-corrected chi connectivity index (χ1v) is 10.9.